The van der Waals surface area contributed by atoms with Gasteiger partial charge in [-0.15, -0.1) is 0 Å². The van der Waals surface area contributed by atoms with Gasteiger partial charge in [0, 0.05) is 6.54 Å². The zero-order chi connectivity index (χ0) is 12.6. The number of unbranched alkanes of at least 4 members (excludes halogenated alkanes) is 1. The lowest BCUT2D eigenvalue weighted by molar-refractivity contribution is -0.130. The lowest BCUT2D eigenvalue weighted by atomic mass is 10.2. The van der Waals surface area contributed by atoms with Crippen molar-refractivity contribution in [2.24, 2.45) is 0 Å². The van der Waals surface area contributed by atoms with Gasteiger partial charge >= 0.3 is 0 Å². The Kier molecular flexibility index (Phi) is 7.34. The Morgan fingerprint density at radius 1 is 1.25 bits per heavy atom. The second kappa shape index (κ2) is 7.63. The van der Waals surface area contributed by atoms with Crippen LogP contribution in [0.4, 0.5) is 0 Å². The largest absolute Gasteiger partial charge is 0.366 e. The standard InChI is InChI=1S/C12H26N2O2/c1-12(2,3)16-10-11(15)13-8-6-7-9-14(4)5/h6-10H2,1-5H3,(H,13,15). The number of nitrogens with zero attached hydrogens (tertiary/aromatic N) is 1. The number of hydrogen-bond donors (Lipinski definition) is 1. The molecule has 4 heteroatoms. The van der Waals surface area contributed by atoms with Crippen molar-refractivity contribution in [2.75, 3.05) is 33.8 Å². The molecule has 0 saturated carbocycles. The van der Waals surface area contributed by atoms with Crippen LogP contribution in [0, 0.1) is 0 Å². The number of hydrogen-bond acceptors (Lipinski definition) is 3. The Labute approximate surface area is 99.3 Å². The molecule has 0 aliphatic carbocycles. The minimum absolute atomic E-state index is 0.0280. The monoisotopic (exact) mass is 230 g/mol. The lowest BCUT2D eigenvalue weighted by Crippen LogP contribution is -2.32. The number of nitrogens with one attached hydrogen (secondary N) is 1. The molecule has 0 aliphatic heterocycles. The number of rotatable bonds is 7. The topological polar surface area (TPSA) is 41.6 Å². The Hall–Kier alpha value is -0.610. The third-order valence-corrected chi connectivity index (χ3v) is 1.99. The molecule has 16 heavy (non-hydrogen) atoms. The van der Waals surface area contributed by atoms with E-state index in [0.29, 0.717) is 0 Å². The van der Waals surface area contributed by atoms with Crippen molar-refractivity contribution in [3.63, 3.8) is 0 Å². The molecule has 0 aromatic heterocycles. The van der Waals surface area contributed by atoms with Crippen LogP contribution in [0.2, 0.25) is 0 Å². The summed E-state index contributed by atoms with van der Waals surface area (Å²) in [7, 11) is 4.10. The molecule has 1 N–H and O–H groups in total. The average Bonchev–Trinajstić information content (AvgIpc) is 2.12. The fourth-order valence-corrected chi connectivity index (χ4v) is 1.11. The van der Waals surface area contributed by atoms with Crippen LogP contribution in [0.15, 0.2) is 0 Å². The molecule has 0 radical (unpaired) electrons. The Balaban J connectivity index is 3.38. The van der Waals surface area contributed by atoms with Crippen LogP contribution in [-0.4, -0.2) is 50.2 Å². The summed E-state index contributed by atoms with van der Waals surface area (Å²) in [5.74, 6) is -0.0280. The van der Waals surface area contributed by atoms with Crippen LogP contribution in [0.25, 0.3) is 0 Å². The first kappa shape index (κ1) is 15.4. The van der Waals surface area contributed by atoms with Crippen molar-refractivity contribution in [3.8, 4) is 0 Å². The van der Waals surface area contributed by atoms with Crippen LogP contribution in [0.1, 0.15) is 33.6 Å². The number of carbonyl (C=O) groups excluding carboxylic acids is 1. The van der Waals surface area contributed by atoms with Gasteiger partial charge in [0.05, 0.1) is 5.60 Å². The highest BCUT2D eigenvalue weighted by molar-refractivity contribution is 5.77. The van der Waals surface area contributed by atoms with Crippen LogP contribution in [0.5, 0.6) is 0 Å². The van der Waals surface area contributed by atoms with Crippen molar-refractivity contribution in [2.45, 2.75) is 39.2 Å². The van der Waals surface area contributed by atoms with Gasteiger partial charge in [0.1, 0.15) is 6.61 Å². The highest BCUT2D eigenvalue weighted by Crippen LogP contribution is 2.05. The first-order valence-electron chi connectivity index (χ1n) is 5.86. The van der Waals surface area contributed by atoms with E-state index in [1.54, 1.807) is 0 Å². The molecular formula is C12H26N2O2. The first-order valence-corrected chi connectivity index (χ1v) is 5.86. The number of ether oxygens (including phenoxy) is 1. The minimum atomic E-state index is -0.248. The molecule has 0 aliphatic rings. The van der Waals surface area contributed by atoms with Crippen molar-refractivity contribution in [3.05, 3.63) is 0 Å². The van der Waals surface area contributed by atoms with E-state index >= 15 is 0 Å². The van der Waals surface area contributed by atoms with Gasteiger partial charge in [0.25, 0.3) is 0 Å². The molecule has 0 saturated heterocycles. The van der Waals surface area contributed by atoms with Gasteiger partial charge in [-0.25, -0.2) is 0 Å². The molecule has 1 amide bonds. The fraction of sp³-hybridized carbons (Fsp3) is 0.917. The summed E-state index contributed by atoms with van der Waals surface area (Å²) in [6.45, 7) is 7.78. The summed E-state index contributed by atoms with van der Waals surface area (Å²) in [5, 5.41) is 2.85. The second-order valence-corrected chi connectivity index (χ2v) is 5.26. The molecule has 0 unspecified atom stereocenters. The summed E-state index contributed by atoms with van der Waals surface area (Å²) in [6.07, 6.45) is 2.12. The Morgan fingerprint density at radius 3 is 2.38 bits per heavy atom. The molecule has 0 rings (SSSR count). The van der Waals surface area contributed by atoms with Gasteiger partial charge in [-0.2, -0.15) is 0 Å². The molecule has 0 atom stereocenters. The molecule has 0 bridgehead atoms. The third kappa shape index (κ3) is 11.5. The van der Waals surface area contributed by atoms with Crippen LogP contribution >= 0.6 is 0 Å². The van der Waals surface area contributed by atoms with Gasteiger partial charge in [-0.3, -0.25) is 4.79 Å². The molecule has 4 nitrogen and oxygen atoms in total. The SMILES string of the molecule is CN(C)CCCCNC(=O)COC(C)(C)C. The van der Waals surface area contributed by atoms with Crippen LogP contribution in [-0.2, 0) is 9.53 Å². The van der Waals surface area contributed by atoms with Crippen molar-refractivity contribution < 1.29 is 9.53 Å². The van der Waals surface area contributed by atoms with Crippen LogP contribution in [0.3, 0.4) is 0 Å². The predicted molar refractivity (Wildman–Crippen MR) is 66.5 cm³/mol. The van der Waals surface area contributed by atoms with Gasteiger partial charge in [-0.05, 0) is 54.3 Å². The van der Waals surface area contributed by atoms with Gasteiger partial charge in [0.15, 0.2) is 0 Å². The Morgan fingerprint density at radius 2 is 1.88 bits per heavy atom. The van der Waals surface area contributed by atoms with E-state index in [0.717, 1.165) is 25.9 Å². The summed E-state index contributed by atoms with van der Waals surface area (Å²) >= 11 is 0. The molecular weight excluding hydrogens is 204 g/mol. The maximum absolute atomic E-state index is 11.3. The third-order valence-electron chi connectivity index (χ3n) is 1.99. The Bertz CT molecular complexity index is 198. The quantitative estimate of drug-likeness (QED) is 0.669. The molecule has 0 aromatic carbocycles. The van der Waals surface area contributed by atoms with E-state index in [4.69, 9.17) is 4.74 Å². The van der Waals surface area contributed by atoms with Gasteiger partial charge in [0.2, 0.25) is 5.91 Å². The maximum atomic E-state index is 11.3. The highest BCUT2D eigenvalue weighted by atomic mass is 16.5. The van der Waals surface area contributed by atoms with Gasteiger partial charge in [-0.1, -0.05) is 0 Å². The summed E-state index contributed by atoms with van der Waals surface area (Å²) in [5.41, 5.74) is -0.248. The van der Waals surface area contributed by atoms with Crippen molar-refractivity contribution >= 4 is 5.91 Å². The van der Waals surface area contributed by atoms with E-state index in [1.807, 2.05) is 20.8 Å². The summed E-state index contributed by atoms with van der Waals surface area (Å²) in [4.78, 5) is 13.5. The summed E-state index contributed by atoms with van der Waals surface area (Å²) < 4.78 is 5.37. The zero-order valence-corrected chi connectivity index (χ0v) is 11.3. The smallest absolute Gasteiger partial charge is 0.246 e. The van der Waals surface area contributed by atoms with E-state index < -0.39 is 0 Å². The van der Waals surface area contributed by atoms with Gasteiger partial charge < -0.3 is 15.0 Å². The molecule has 96 valence electrons. The van der Waals surface area contributed by atoms with Crippen molar-refractivity contribution in [1.82, 2.24) is 10.2 Å². The number of amides is 1. The predicted octanol–water partition coefficient (Wildman–Crippen LogP) is 1.26. The second-order valence-electron chi connectivity index (χ2n) is 5.26. The normalized spacial score (nSPS) is 11.9. The lowest BCUT2D eigenvalue weighted by Gasteiger charge is -2.19. The fourth-order valence-electron chi connectivity index (χ4n) is 1.11. The number of carbonyl (C=O) groups is 1. The van der Waals surface area contributed by atoms with E-state index in [-0.39, 0.29) is 18.1 Å². The van der Waals surface area contributed by atoms with E-state index in [9.17, 15) is 4.79 Å². The van der Waals surface area contributed by atoms with Crippen LogP contribution < -0.4 is 5.32 Å². The molecule has 0 fully saturated rings. The molecule has 0 aromatic rings. The van der Waals surface area contributed by atoms with E-state index in [1.165, 1.54) is 0 Å². The van der Waals surface area contributed by atoms with E-state index in [2.05, 4.69) is 24.3 Å². The molecule has 0 spiro atoms. The maximum Gasteiger partial charge on any atom is 0.246 e. The molecule has 0 heterocycles. The summed E-state index contributed by atoms with van der Waals surface area (Å²) in [6, 6.07) is 0. The average molecular weight is 230 g/mol. The first-order chi connectivity index (χ1) is 7.31. The zero-order valence-electron chi connectivity index (χ0n) is 11.3. The highest BCUT2D eigenvalue weighted by Gasteiger charge is 2.12. The minimum Gasteiger partial charge on any atom is -0.366 e. The van der Waals surface area contributed by atoms with Crippen molar-refractivity contribution in [1.29, 1.82) is 0 Å².